The van der Waals surface area contributed by atoms with E-state index in [0.29, 0.717) is 34.1 Å². The molecule has 0 saturated carbocycles. The van der Waals surface area contributed by atoms with Crippen molar-refractivity contribution in [1.82, 2.24) is 0 Å². The van der Waals surface area contributed by atoms with Gasteiger partial charge in [0.15, 0.2) is 17.3 Å². The van der Waals surface area contributed by atoms with Crippen LogP contribution in [-0.2, 0) is 0 Å². The predicted octanol–water partition coefficient (Wildman–Crippen LogP) is 4.54. The number of benzene rings is 3. The van der Waals surface area contributed by atoms with Crippen molar-refractivity contribution < 1.29 is 28.5 Å². The molecule has 1 heterocycles. The van der Waals surface area contributed by atoms with Crippen LogP contribution in [0.15, 0.2) is 72.8 Å². The molecule has 0 aromatic heterocycles. The van der Waals surface area contributed by atoms with Crippen LogP contribution in [0, 0.1) is 0 Å². The average molecular weight is 402 g/mol. The molecule has 6 heteroatoms. The molecule has 0 amide bonds. The molecule has 1 aliphatic rings. The third-order valence-electron chi connectivity index (χ3n) is 4.51. The molecule has 0 unspecified atom stereocenters. The molecule has 0 bridgehead atoms. The van der Waals surface area contributed by atoms with Gasteiger partial charge in [0.1, 0.15) is 11.5 Å². The van der Waals surface area contributed by atoms with E-state index in [9.17, 15) is 9.59 Å². The van der Waals surface area contributed by atoms with Gasteiger partial charge in [-0.05, 0) is 60.7 Å². The van der Waals surface area contributed by atoms with E-state index in [1.54, 1.807) is 55.7 Å². The van der Waals surface area contributed by atoms with Gasteiger partial charge in [0.05, 0.1) is 12.7 Å². The van der Waals surface area contributed by atoms with Crippen LogP contribution in [-0.4, -0.2) is 25.7 Å². The fourth-order valence-corrected chi connectivity index (χ4v) is 2.94. The second-order valence-corrected chi connectivity index (χ2v) is 6.42. The standard InChI is InChI=1S/C24H18O6/c1-27-21-5-3-2-4-17(21)8-12-20(25)16-6-10-19(11-7-16)30-24(26)18-9-13-22-23(14-18)29-15-28-22/h2-14H,15H2,1H3. The van der Waals surface area contributed by atoms with Crippen LogP contribution in [0.5, 0.6) is 23.0 Å². The maximum Gasteiger partial charge on any atom is 0.343 e. The number of para-hydroxylation sites is 1. The van der Waals surface area contributed by atoms with E-state index in [-0.39, 0.29) is 12.6 Å². The molecule has 0 spiro atoms. The molecule has 0 N–H and O–H groups in total. The quantitative estimate of drug-likeness (QED) is 0.261. The first-order valence-corrected chi connectivity index (χ1v) is 9.21. The van der Waals surface area contributed by atoms with Gasteiger partial charge in [-0.3, -0.25) is 4.79 Å². The number of fused-ring (bicyclic) bond motifs is 1. The van der Waals surface area contributed by atoms with Crippen LogP contribution < -0.4 is 18.9 Å². The minimum atomic E-state index is -0.525. The summed E-state index contributed by atoms with van der Waals surface area (Å²) in [7, 11) is 1.58. The minimum absolute atomic E-state index is 0.134. The number of methoxy groups -OCH3 is 1. The molecule has 0 aliphatic carbocycles. The van der Waals surface area contributed by atoms with Crippen molar-refractivity contribution in [2.45, 2.75) is 0 Å². The summed E-state index contributed by atoms with van der Waals surface area (Å²) in [6.07, 6.45) is 3.18. The zero-order valence-electron chi connectivity index (χ0n) is 16.2. The third kappa shape index (κ3) is 4.17. The molecule has 3 aromatic rings. The Morgan fingerprint density at radius 3 is 2.43 bits per heavy atom. The normalized spacial score (nSPS) is 12.0. The number of allylic oxidation sites excluding steroid dienone is 1. The lowest BCUT2D eigenvalue weighted by atomic mass is 10.1. The van der Waals surface area contributed by atoms with Crippen LogP contribution >= 0.6 is 0 Å². The maximum absolute atomic E-state index is 12.4. The Labute approximate surface area is 173 Å². The molecule has 0 atom stereocenters. The highest BCUT2D eigenvalue weighted by Gasteiger charge is 2.17. The number of hydrogen-bond acceptors (Lipinski definition) is 6. The topological polar surface area (TPSA) is 71.1 Å². The van der Waals surface area contributed by atoms with Crippen LogP contribution in [0.25, 0.3) is 6.08 Å². The molecule has 3 aromatic carbocycles. The summed E-state index contributed by atoms with van der Waals surface area (Å²) in [6, 6.07) is 18.6. The molecule has 30 heavy (non-hydrogen) atoms. The summed E-state index contributed by atoms with van der Waals surface area (Å²) < 4.78 is 21.1. The van der Waals surface area contributed by atoms with Crippen molar-refractivity contribution in [1.29, 1.82) is 0 Å². The molecular formula is C24H18O6. The van der Waals surface area contributed by atoms with Gasteiger partial charge in [0, 0.05) is 11.1 Å². The summed E-state index contributed by atoms with van der Waals surface area (Å²) >= 11 is 0. The van der Waals surface area contributed by atoms with Crippen molar-refractivity contribution in [2.24, 2.45) is 0 Å². The zero-order chi connectivity index (χ0) is 20.9. The lowest BCUT2D eigenvalue weighted by Gasteiger charge is -2.06. The first-order chi connectivity index (χ1) is 14.6. The van der Waals surface area contributed by atoms with Crippen molar-refractivity contribution in [2.75, 3.05) is 13.9 Å². The Morgan fingerprint density at radius 1 is 0.900 bits per heavy atom. The molecular weight excluding hydrogens is 384 g/mol. The number of rotatable bonds is 6. The van der Waals surface area contributed by atoms with E-state index in [4.69, 9.17) is 18.9 Å². The van der Waals surface area contributed by atoms with Crippen LogP contribution in [0.3, 0.4) is 0 Å². The molecule has 150 valence electrons. The van der Waals surface area contributed by atoms with Gasteiger partial charge in [-0.2, -0.15) is 0 Å². The largest absolute Gasteiger partial charge is 0.496 e. The number of ether oxygens (including phenoxy) is 4. The monoisotopic (exact) mass is 402 g/mol. The van der Waals surface area contributed by atoms with Gasteiger partial charge in [0.2, 0.25) is 6.79 Å². The second kappa shape index (κ2) is 8.53. The Balaban J connectivity index is 1.41. The maximum atomic E-state index is 12.4. The highest BCUT2D eigenvalue weighted by molar-refractivity contribution is 6.07. The first-order valence-electron chi connectivity index (χ1n) is 9.21. The molecule has 6 nitrogen and oxygen atoms in total. The Morgan fingerprint density at radius 2 is 1.63 bits per heavy atom. The Kier molecular flexibility index (Phi) is 5.48. The third-order valence-corrected chi connectivity index (χ3v) is 4.51. The van der Waals surface area contributed by atoms with Gasteiger partial charge in [-0.1, -0.05) is 18.2 Å². The number of esters is 1. The van der Waals surface area contributed by atoms with E-state index in [1.165, 1.54) is 6.08 Å². The minimum Gasteiger partial charge on any atom is -0.496 e. The summed E-state index contributed by atoms with van der Waals surface area (Å²) in [5.41, 5.74) is 1.63. The number of ketones is 1. The fourth-order valence-electron chi connectivity index (χ4n) is 2.94. The fraction of sp³-hybridized carbons (Fsp3) is 0.0833. The van der Waals surface area contributed by atoms with Crippen molar-refractivity contribution in [3.63, 3.8) is 0 Å². The van der Waals surface area contributed by atoms with Crippen LogP contribution in [0.4, 0.5) is 0 Å². The van der Waals surface area contributed by atoms with E-state index in [1.807, 2.05) is 24.3 Å². The first kappa shape index (κ1) is 19.3. The molecule has 0 radical (unpaired) electrons. The van der Waals surface area contributed by atoms with E-state index in [2.05, 4.69) is 0 Å². The molecule has 0 fully saturated rings. The smallest absolute Gasteiger partial charge is 0.343 e. The van der Waals surface area contributed by atoms with E-state index < -0.39 is 5.97 Å². The van der Waals surface area contributed by atoms with E-state index in [0.717, 1.165) is 5.56 Å². The Bertz CT molecular complexity index is 1110. The zero-order valence-corrected chi connectivity index (χ0v) is 16.2. The van der Waals surface area contributed by atoms with Crippen molar-refractivity contribution >= 4 is 17.8 Å². The summed E-state index contributed by atoms with van der Waals surface area (Å²) in [4.78, 5) is 24.8. The molecule has 0 saturated heterocycles. The lowest BCUT2D eigenvalue weighted by molar-refractivity contribution is 0.0734. The van der Waals surface area contributed by atoms with Crippen LogP contribution in [0.2, 0.25) is 0 Å². The van der Waals surface area contributed by atoms with Crippen molar-refractivity contribution in [3.8, 4) is 23.0 Å². The lowest BCUT2D eigenvalue weighted by Crippen LogP contribution is -2.08. The predicted molar refractivity (Wildman–Crippen MR) is 110 cm³/mol. The van der Waals surface area contributed by atoms with Gasteiger partial charge < -0.3 is 18.9 Å². The highest BCUT2D eigenvalue weighted by atomic mass is 16.7. The number of carbonyl (C=O) groups is 2. The number of hydrogen-bond donors (Lipinski definition) is 0. The van der Waals surface area contributed by atoms with Gasteiger partial charge in [-0.25, -0.2) is 4.79 Å². The summed E-state index contributed by atoms with van der Waals surface area (Å²) in [5, 5.41) is 0. The molecule has 4 rings (SSSR count). The van der Waals surface area contributed by atoms with Gasteiger partial charge in [-0.15, -0.1) is 0 Å². The second-order valence-electron chi connectivity index (χ2n) is 6.42. The SMILES string of the molecule is COc1ccccc1C=CC(=O)c1ccc(OC(=O)c2ccc3c(c2)OCO3)cc1. The molecule has 1 aliphatic heterocycles. The summed E-state index contributed by atoms with van der Waals surface area (Å²) in [5.74, 6) is 1.43. The van der Waals surface area contributed by atoms with Crippen molar-refractivity contribution in [3.05, 3.63) is 89.5 Å². The average Bonchev–Trinajstić information content (AvgIpc) is 3.26. The van der Waals surface area contributed by atoms with E-state index >= 15 is 0 Å². The van der Waals surface area contributed by atoms with Gasteiger partial charge in [0.25, 0.3) is 0 Å². The number of carbonyl (C=O) groups excluding carboxylic acids is 2. The van der Waals surface area contributed by atoms with Gasteiger partial charge >= 0.3 is 5.97 Å². The summed E-state index contributed by atoms with van der Waals surface area (Å²) in [6.45, 7) is 0.134. The highest BCUT2D eigenvalue weighted by Crippen LogP contribution is 2.32. The Hall–Kier alpha value is -4.06. The van der Waals surface area contributed by atoms with Crippen LogP contribution in [0.1, 0.15) is 26.3 Å².